The van der Waals surface area contributed by atoms with Crippen molar-refractivity contribution >= 4 is 38.8 Å². The molecule has 2 rings (SSSR count). The van der Waals surface area contributed by atoms with Crippen LogP contribution in [0.1, 0.15) is 24.8 Å². The quantitative estimate of drug-likeness (QED) is 0.834. The van der Waals surface area contributed by atoms with E-state index in [1.54, 1.807) is 7.11 Å². The Morgan fingerprint density at radius 1 is 1.50 bits per heavy atom. The third kappa shape index (κ3) is 3.02. The zero-order chi connectivity index (χ0) is 13.1. The Kier molecular flexibility index (Phi) is 4.59. The van der Waals surface area contributed by atoms with Crippen LogP contribution in [-0.2, 0) is 4.74 Å². The number of nitrogens with two attached hydrogens (primary N) is 1. The van der Waals surface area contributed by atoms with Gasteiger partial charge in [-0.05, 0) is 53.4 Å². The molecule has 18 heavy (non-hydrogen) atoms. The predicted octanol–water partition coefficient (Wildman–Crippen LogP) is 3.06. The van der Waals surface area contributed by atoms with E-state index in [1.807, 2.05) is 18.2 Å². The highest BCUT2D eigenvalue weighted by molar-refractivity contribution is 9.10. The predicted molar refractivity (Wildman–Crippen MR) is 82.1 cm³/mol. The number of nitrogens with one attached hydrogen (secondary N) is 1. The summed E-state index contributed by atoms with van der Waals surface area (Å²) in [6.45, 7) is 0. The molecule has 0 spiro atoms. The van der Waals surface area contributed by atoms with Crippen molar-refractivity contribution in [3.8, 4) is 0 Å². The van der Waals surface area contributed by atoms with Crippen LogP contribution in [0.3, 0.4) is 0 Å². The van der Waals surface area contributed by atoms with E-state index in [4.69, 9.17) is 22.7 Å². The first-order valence-electron chi connectivity index (χ1n) is 6.00. The lowest BCUT2D eigenvalue weighted by molar-refractivity contribution is 0.101. The van der Waals surface area contributed by atoms with Crippen molar-refractivity contribution in [3.05, 3.63) is 28.2 Å². The van der Waals surface area contributed by atoms with Gasteiger partial charge in [0, 0.05) is 22.8 Å². The van der Waals surface area contributed by atoms with E-state index in [-0.39, 0.29) is 0 Å². The summed E-state index contributed by atoms with van der Waals surface area (Å²) in [4.78, 5) is 0.407. The number of methoxy groups -OCH3 is 1. The number of halogens is 1. The van der Waals surface area contributed by atoms with E-state index < -0.39 is 0 Å². The number of ether oxygens (including phenoxy) is 1. The Hall–Kier alpha value is -0.650. The average Bonchev–Trinajstić information content (AvgIpc) is 2.76. The van der Waals surface area contributed by atoms with E-state index in [0.717, 1.165) is 28.6 Å². The molecule has 1 aliphatic carbocycles. The number of benzene rings is 1. The van der Waals surface area contributed by atoms with E-state index >= 15 is 0 Å². The van der Waals surface area contributed by atoms with Crippen molar-refractivity contribution in [2.75, 3.05) is 12.4 Å². The Bertz CT molecular complexity index is 453. The molecule has 0 bridgehead atoms. The maximum absolute atomic E-state index is 5.63. The minimum absolute atomic E-state index is 0.305. The van der Waals surface area contributed by atoms with Gasteiger partial charge in [0.25, 0.3) is 0 Å². The van der Waals surface area contributed by atoms with Crippen LogP contribution in [-0.4, -0.2) is 24.2 Å². The monoisotopic (exact) mass is 328 g/mol. The summed E-state index contributed by atoms with van der Waals surface area (Å²) in [5.41, 5.74) is 7.56. The SMILES string of the molecule is COC1CCCC1Nc1ccc(C(N)=S)c(Br)c1. The molecule has 1 aromatic carbocycles. The molecule has 1 aliphatic rings. The van der Waals surface area contributed by atoms with Gasteiger partial charge in [0.2, 0.25) is 0 Å². The molecule has 98 valence electrons. The van der Waals surface area contributed by atoms with E-state index in [0.29, 0.717) is 17.1 Å². The zero-order valence-corrected chi connectivity index (χ0v) is 12.7. The summed E-state index contributed by atoms with van der Waals surface area (Å²) >= 11 is 8.47. The Morgan fingerprint density at radius 3 is 2.89 bits per heavy atom. The van der Waals surface area contributed by atoms with E-state index in [9.17, 15) is 0 Å². The number of rotatable bonds is 4. The van der Waals surface area contributed by atoms with Crippen molar-refractivity contribution < 1.29 is 4.74 Å². The zero-order valence-electron chi connectivity index (χ0n) is 10.3. The van der Waals surface area contributed by atoms with Gasteiger partial charge in [-0.15, -0.1) is 0 Å². The van der Waals surface area contributed by atoms with Crippen molar-refractivity contribution in [3.63, 3.8) is 0 Å². The van der Waals surface area contributed by atoms with Gasteiger partial charge in [-0.3, -0.25) is 0 Å². The normalized spacial score (nSPS) is 23.0. The molecule has 1 fully saturated rings. The van der Waals surface area contributed by atoms with Gasteiger partial charge in [0.15, 0.2) is 0 Å². The van der Waals surface area contributed by atoms with Gasteiger partial charge >= 0.3 is 0 Å². The van der Waals surface area contributed by atoms with Crippen LogP contribution in [0.2, 0.25) is 0 Å². The molecule has 3 nitrogen and oxygen atoms in total. The van der Waals surface area contributed by atoms with Crippen molar-refractivity contribution in [2.45, 2.75) is 31.4 Å². The average molecular weight is 329 g/mol. The van der Waals surface area contributed by atoms with Gasteiger partial charge in [0.05, 0.1) is 12.1 Å². The minimum Gasteiger partial charge on any atom is -0.389 e. The summed E-state index contributed by atoms with van der Waals surface area (Å²) in [5.74, 6) is 0. The topological polar surface area (TPSA) is 47.3 Å². The summed E-state index contributed by atoms with van der Waals surface area (Å²) < 4.78 is 6.40. The molecule has 1 aromatic rings. The summed E-state index contributed by atoms with van der Waals surface area (Å²) in [6.07, 6.45) is 3.79. The van der Waals surface area contributed by atoms with Crippen molar-refractivity contribution in [1.82, 2.24) is 0 Å². The highest BCUT2D eigenvalue weighted by Gasteiger charge is 2.26. The third-order valence-corrected chi connectivity index (χ3v) is 4.22. The molecule has 2 atom stereocenters. The summed E-state index contributed by atoms with van der Waals surface area (Å²) in [5, 5.41) is 3.51. The molecule has 0 radical (unpaired) electrons. The molecule has 3 N–H and O–H groups in total. The lowest BCUT2D eigenvalue weighted by Gasteiger charge is -2.21. The smallest absolute Gasteiger partial charge is 0.105 e. The lowest BCUT2D eigenvalue weighted by Crippen LogP contribution is -2.29. The summed E-state index contributed by atoms with van der Waals surface area (Å²) in [7, 11) is 1.77. The number of anilines is 1. The molecule has 1 saturated carbocycles. The Labute approximate surface area is 121 Å². The number of hydrogen-bond acceptors (Lipinski definition) is 3. The van der Waals surface area contributed by atoms with Crippen LogP contribution in [0.5, 0.6) is 0 Å². The molecule has 0 heterocycles. The van der Waals surface area contributed by atoms with Gasteiger partial charge in [0.1, 0.15) is 4.99 Å². The molecule has 5 heteroatoms. The van der Waals surface area contributed by atoms with Gasteiger partial charge in [-0.1, -0.05) is 12.2 Å². The van der Waals surface area contributed by atoms with Gasteiger partial charge < -0.3 is 15.8 Å². The van der Waals surface area contributed by atoms with E-state index in [1.165, 1.54) is 6.42 Å². The van der Waals surface area contributed by atoms with Crippen LogP contribution in [0.4, 0.5) is 5.69 Å². The largest absolute Gasteiger partial charge is 0.389 e. The second-order valence-corrected chi connectivity index (χ2v) is 5.81. The first-order valence-corrected chi connectivity index (χ1v) is 7.20. The lowest BCUT2D eigenvalue weighted by atomic mass is 10.1. The Morgan fingerprint density at radius 2 is 2.28 bits per heavy atom. The highest BCUT2D eigenvalue weighted by atomic mass is 79.9. The van der Waals surface area contributed by atoms with Crippen LogP contribution in [0, 0.1) is 0 Å². The van der Waals surface area contributed by atoms with Crippen LogP contribution >= 0.6 is 28.1 Å². The maximum atomic E-state index is 5.63. The Balaban J connectivity index is 2.10. The van der Waals surface area contributed by atoms with E-state index in [2.05, 4.69) is 21.2 Å². The molecular formula is C13H17BrN2OS. The molecule has 0 aromatic heterocycles. The fraction of sp³-hybridized carbons (Fsp3) is 0.462. The second kappa shape index (κ2) is 5.99. The van der Waals surface area contributed by atoms with Gasteiger partial charge in [-0.25, -0.2) is 0 Å². The van der Waals surface area contributed by atoms with Crippen LogP contribution in [0.15, 0.2) is 22.7 Å². The first kappa shape index (κ1) is 13.8. The van der Waals surface area contributed by atoms with Crippen molar-refractivity contribution in [1.29, 1.82) is 0 Å². The summed E-state index contributed by atoms with van der Waals surface area (Å²) in [6, 6.07) is 6.34. The standard InChI is InChI=1S/C13H17BrN2OS/c1-17-12-4-2-3-11(12)16-8-5-6-9(13(15)18)10(14)7-8/h5-7,11-12,16H,2-4H2,1H3,(H2,15,18). The van der Waals surface area contributed by atoms with Crippen molar-refractivity contribution in [2.24, 2.45) is 5.73 Å². The highest BCUT2D eigenvalue weighted by Crippen LogP contribution is 2.27. The number of hydrogen-bond donors (Lipinski definition) is 2. The van der Waals surface area contributed by atoms with Crippen LogP contribution in [0.25, 0.3) is 0 Å². The molecule has 0 amide bonds. The van der Waals surface area contributed by atoms with Gasteiger partial charge in [-0.2, -0.15) is 0 Å². The molecule has 0 aliphatic heterocycles. The van der Waals surface area contributed by atoms with Crippen LogP contribution < -0.4 is 11.1 Å². The fourth-order valence-electron chi connectivity index (χ4n) is 2.39. The number of thiocarbonyl (C=S) groups is 1. The third-order valence-electron chi connectivity index (χ3n) is 3.34. The molecule has 2 unspecified atom stereocenters. The minimum atomic E-state index is 0.305. The second-order valence-electron chi connectivity index (χ2n) is 4.51. The molecule has 0 saturated heterocycles. The fourth-order valence-corrected chi connectivity index (χ4v) is 3.29. The maximum Gasteiger partial charge on any atom is 0.105 e. The molecular weight excluding hydrogens is 312 g/mol. The first-order chi connectivity index (χ1) is 8.61.